The molecule has 8 rings (SSSR count). The van der Waals surface area contributed by atoms with E-state index in [9.17, 15) is 18.4 Å². The summed E-state index contributed by atoms with van der Waals surface area (Å²) in [5.41, 5.74) is 16.8. The van der Waals surface area contributed by atoms with Crippen molar-refractivity contribution in [2.45, 2.75) is 110 Å². The molecule has 59 heavy (non-hydrogen) atoms. The van der Waals surface area contributed by atoms with E-state index in [1.807, 2.05) is 25.3 Å². The molecule has 3 N–H and O–H groups in total. The summed E-state index contributed by atoms with van der Waals surface area (Å²) in [7, 11) is 1.70. The van der Waals surface area contributed by atoms with E-state index in [4.69, 9.17) is 20.2 Å². The molecule has 3 fully saturated rings. The lowest BCUT2D eigenvalue weighted by Gasteiger charge is -2.45. The van der Waals surface area contributed by atoms with Crippen LogP contribution in [0, 0.1) is 5.41 Å². The van der Waals surface area contributed by atoms with Crippen LogP contribution in [0.2, 0.25) is 0 Å². The minimum absolute atomic E-state index is 0.0529. The molecule has 2 aromatic carbocycles. The average molecular weight is 812 g/mol. The topological polar surface area (TPSA) is 118 Å². The molecular weight excluding hydrogens is 753 g/mol. The second-order valence-electron chi connectivity index (χ2n) is 17.8. The van der Waals surface area contributed by atoms with Gasteiger partial charge in [-0.2, -0.15) is 0 Å². The van der Waals surface area contributed by atoms with Gasteiger partial charge in [-0.3, -0.25) is 24.5 Å². The van der Waals surface area contributed by atoms with Crippen molar-refractivity contribution in [1.82, 2.24) is 24.9 Å². The van der Waals surface area contributed by atoms with E-state index in [-0.39, 0.29) is 24.7 Å². The number of nitrogens with two attached hydrogens (primary N) is 1. The highest BCUT2D eigenvalue weighted by Crippen LogP contribution is 2.43. The zero-order chi connectivity index (χ0) is 41.6. The molecule has 6 bridgehead atoms. The molecule has 6 heterocycles. The van der Waals surface area contributed by atoms with Crippen molar-refractivity contribution in [3.8, 4) is 22.4 Å². The van der Waals surface area contributed by atoms with Crippen molar-refractivity contribution in [2.24, 2.45) is 11.1 Å². The van der Waals surface area contributed by atoms with Gasteiger partial charge in [-0.05, 0) is 105 Å². The van der Waals surface area contributed by atoms with Crippen LogP contribution in [0.3, 0.4) is 0 Å². The minimum atomic E-state index is -2.72. The Kier molecular flexibility index (Phi) is 11.8. The van der Waals surface area contributed by atoms with E-state index in [1.54, 1.807) is 7.11 Å². The lowest BCUT2D eigenvalue weighted by molar-refractivity contribution is -0.154. The third-order valence-electron chi connectivity index (χ3n) is 13.0. The normalized spacial score (nSPS) is 23.6. The number of nitrogens with one attached hydrogen (secondary N) is 1. The number of aromatic nitrogens is 2. The highest BCUT2D eigenvalue weighted by Gasteiger charge is 2.35. The molecule has 1 amide bonds. The molecule has 4 aromatic rings. The van der Waals surface area contributed by atoms with Crippen LogP contribution in [-0.4, -0.2) is 95.9 Å². The third-order valence-corrected chi connectivity index (χ3v) is 13.0. The van der Waals surface area contributed by atoms with E-state index in [1.165, 1.54) is 36.4 Å². The standard InChI is InChI=1S/C46H59F2N7O4/c1-6-54-40-13-12-30-22-35(40)37(42(54)36-23-34(25-50-41(36)28(2)58-5)53-17-16-52-14-8-7-10-33(52)26-53)24-46(3,4)27-59-45(57)39-11-9-15-55(51-39)44(56)38(49)20-29-18-31(30)21-32(19-29)43(47)48/h12-13,18-19,21-23,25,28,33,38-39,43,51H,6-11,14-17,20,24,26-27,49H2,1-5H3/t28-,33+,38-,39-/m0/s1. The highest BCUT2D eigenvalue weighted by atomic mass is 19.3. The van der Waals surface area contributed by atoms with E-state index in [0.717, 1.165) is 70.8 Å². The van der Waals surface area contributed by atoms with Crippen LogP contribution in [0.4, 0.5) is 14.5 Å². The lowest BCUT2D eigenvalue weighted by Crippen LogP contribution is -2.59. The van der Waals surface area contributed by atoms with Crippen molar-refractivity contribution in [2.75, 3.05) is 51.3 Å². The number of benzene rings is 2. The minimum Gasteiger partial charge on any atom is -0.464 e. The summed E-state index contributed by atoms with van der Waals surface area (Å²) in [6.07, 6.45) is 4.38. The average Bonchev–Trinajstić information content (AvgIpc) is 3.55. The Bertz CT molecular complexity index is 2210. The first kappa shape index (κ1) is 41.3. The molecule has 0 unspecified atom stereocenters. The number of halogens is 2. The van der Waals surface area contributed by atoms with Crippen molar-refractivity contribution in [3.05, 3.63) is 71.0 Å². The van der Waals surface area contributed by atoms with Gasteiger partial charge >= 0.3 is 5.97 Å². The number of pyridine rings is 1. The first-order valence-corrected chi connectivity index (χ1v) is 21.4. The number of piperazine rings is 1. The number of amides is 1. The van der Waals surface area contributed by atoms with Gasteiger partial charge in [-0.15, -0.1) is 0 Å². The van der Waals surface area contributed by atoms with Gasteiger partial charge in [0.15, 0.2) is 0 Å². The predicted molar refractivity (Wildman–Crippen MR) is 226 cm³/mol. The summed E-state index contributed by atoms with van der Waals surface area (Å²) < 4.78 is 43.5. The van der Waals surface area contributed by atoms with Gasteiger partial charge in [0.05, 0.1) is 42.0 Å². The van der Waals surface area contributed by atoms with Crippen molar-refractivity contribution >= 4 is 28.5 Å². The van der Waals surface area contributed by atoms with Gasteiger partial charge in [0.25, 0.3) is 12.3 Å². The molecule has 2 aromatic heterocycles. The van der Waals surface area contributed by atoms with Gasteiger partial charge in [0.2, 0.25) is 0 Å². The number of esters is 1. The lowest BCUT2D eigenvalue weighted by atomic mass is 9.84. The Morgan fingerprint density at radius 3 is 2.63 bits per heavy atom. The van der Waals surface area contributed by atoms with E-state index in [2.05, 4.69) is 58.8 Å². The first-order valence-electron chi connectivity index (χ1n) is 21.4. The van der Waals surface area contributed by atoms with Crippen molar-refractivity contribution in [1.29, 1.82) is 0 Å². The Balaban J connectivity index is 1.31. The number of ether oxygens (including phenoxy) is 2. The number of carbonyl (C=O) groups excluding carboxylic acids is 2. The number of hydrogen-bond acceptors (Lipinski definition) is 9. The Labute approximate surface area is 346 Å². The second-order valence-corrected chi connectivity index (χ2v) is 17.8. The summed E-state index contributed by atoms with van der Waals surface area (Å²) in [5.74, 6) is -0.825. The van der Waals surface area contributed by atoms with Crippen molar-refractivity contribution in [3.63, 3.8) is 0 Å². The SMILES string of the molecule is CCn1c(-c2cc(N3CCN4CCCC[C@@H]4C3)cnc2[C@H](C)OC)c2c3cc(ccc31)-c1cc(cc(C(F)F)c1)C[C@H](N)C(=O)N1CCC[C@H](N1)C(=O)OCC(C)(C)C2. The smallest absolute Gasteiger partial charge is 0.324 e. The zero-order valence-electron chi connectivity index (χ0n) is 35.1. The number of rotatable bonds is 6. The van der Waals surface area contributed by atoms with Crippen molar-refractivity contribution < 1.29 is 27.8 Å². The Morgan fingerprint density at radius 2 is 1.85 bits per heavy atom. The van der Waals surface area contributed by atoms with Gasteiger partial charge in [-0.25, -0.2) is 14.2 Å². The fraction of sp³-hybridized carbons (Fsp3) is 0.543. The molecule has 4 aliphatic rings. The van der Waals surface area contributed by atoms with Crippen LogP contribution < -0.4 is 16.1 Å². The number of anilines is 1. The fourth-order valence-electron chi connectivity index (χ4n) is 9.75. The number of carbonyl (C=O) groups is 2. The second kappa shape index (κ2) is 16.9. The summed E-state index contributed by atoms with van der Waals surface area (Å²) >= 11 is 0. The number of methoxy groups -OCH3 is 1. The number of fused-ring (bicyclic) bond motifs is 7. The number of hydrazine groups is 1. The maximum absolute atomic E-state index is 14.5. The first-order chi connectivity index (χ1) is 28.3. The molecule has 0 spiro atoms. The van der Waals surface area contributed by atoms with E-state index < -0.39 is 35.8 Å². The third kappa shape index (κ3) is 8.36. The molecule has 0 saturated carbocycles. The number of cyclic esters (lactones) is 1. The molecule has 13 heteroatoms. The van der Waals surface area contributed by atoms with Crippen LogP contribution in [0.1, 0.15) is 94.7 Å². The number of alkyl halides is 2. The Morgan fingerprint density at radius 1 is 1.02 bits per heavy atom. The molecule has 3 saturated heterocycles. The van der Waals surface area contributed by atoms with Crippen LogP contribution in [0.25, 0.3) is 33.3 Å². The maximum atomic E-state index is 14.5. The Hall–Kier alpha value is -4.43. The molecule has 0 aliphatic carbocycles. The van der Waals surface area contributed by atoms with Gasteiger partial charge in [-0.1, -0.05) is 38.5 Å². The largest absolute Gasteiger partial charge is 0.464 e. The van der Waals surface area contributed by atoms with Gasteiger partial charge in [0, 0.05) is 73.3 Å². The maximum Gasteiger partial charge on any atom is 0.324 e. The molecular formula is C46H59F2N7O4. The van der Waals surface area contributed by atoms with Crippen LogP contribution >= 0.6 is 0 Å². The van der Waals surface area contributed by atoms with Gasteiger partial charge < -0.3 is 24.7 Å². The van der Waals surface area contributed by atoms with Crippen LogP contribution in [0.5, 0.6) is 0 Å². The summed E-state index contributed by atoms with van der Waals surface area (Å²) in [4.78, 5) is 37.5. The predicted octanol–water partition coefficient (Wildman–Crippen LogP) is 7.20. The quantitative estimate of drug-likeness (QED) is 0.195. The number of piperidine rings is 1. The number of aryl methyl sites for hydroxylation is 1. The summed E-state index contributed by atoms with van der Waals surface area (Å²) in [5, 5.41) is 2.37. The van der Waals surface area contributed by atoms with E-state index in [0.29, 0.717) is 49.5 Å². The number of nitrogens with zero attached hydrogens (tertiary/aromatic N) is 5. The van der Waals surface area contributed by atoms with E-state index >= 15 is 0 Å². The molecule has 11 nitrogen and oxygen atoms in total. The summed E-state index contributed by atoms with van der Waals surface area (Å²) in [6, 6.07) is 12.1. The van der Waals surface area contributed by atoms with Crippen LogP contribution in [0.15, 0.2) is 48.7 Å². The molecule has 0 radical (unpaired) electrons. The monoisotopic (exact) mass is 811 g/mol. The zero-order valence-corrected chi connectivity index (χ0v) is 35.1. The molecule has 4 atom stereocenters. The molecule has 316 valence electrons. The van der Waals surface area contributed by atoms with Gasteiger partial charge in [0.1, 0.15) is 6.04 Å². The fourth-order valence-corrected chi connectivity index (χ4v) is 9.75. The summed E-state index contributed by atoms with van der Waals surface area (Å²) in [6.45, 7) is 13.6. The number of hydrogen-bond donors (Lipinski definition) is 2. The van der Waals surface area contributed by atoms with Crippen LogP contribution in [-0.2, 0) is 38.4 Å². The highest BCUT2D eigenvalue weighted by molar-refractivity contribution is 5.96. The molecule has 4 aliphatic heterocycles.